The van der Waals surface area contributed by atoms with Crippen LogP contribution in [0, 0.1) is 17.1 Å². The number of piperidine rings is 1. The average Bonchev–Trinajstić information content (AvgIpc) is 3.65. The summed E-state index contributed by atoms with van der Waals surface area (Å²) in [6.07, 6.45) is 3.84. The summed E-state index contributed by atoms with van der Waals surface area (Å²) in [5, 5.41) is 9.74. The molecule has 5 rings (SSSR count). The van der Waals surface area contributed by atoms with Gasteiger partial charge in [-0.05, 0) is 64.1 Å². The molecule has 1 aliphatic rings. The molecule has 3 aromatic heterocycles. The van der Waals surface area contributed by atoms with Crippen molar-refractivity contribution in [2.24, 2.45) is 4.99 Å². The monoisotopic (exact) mass is 603 g/mol. The minimum absolute atomic E-state index is 0.193. The van der Waals surface area contributed by atoms with Gasteiger partial charge in [-0.15, -0.1) is 22.7 Å². The molecule has 0 bridgehead atoms. The first-order valence-corrected chi connectivity index (χ1v) is 15.8. The zero-order chi connectivity index (χ0) is 29.5. The third kappa shape index (κ3) is 7.01. The summed E-state index contributed by atoms with van der Waals surface area (Å²) in [6, 6.07) is 10.7. The molecule has 0 unspecified atom stereocenters. The standard InChI is InChI=1S/C31H34FN7OS2/c1-4-24-27(41-20-35-24)17-39(6-3)28(34-5-2)18-38-12-10-22(11-13-38)25-8-7-9-29(36-25)40-19-30-37-31-23(32)14-21(16-33)15-26(31)42-30/h4,7-9,14-15,20,22H,1,5-6,10-13,17-19H2,2-3H3. The van der Waals surface area contributed by atoms with E-state index in [1.165, 1.54) is 22.3 Å². The van der Waals surface area contributed by atoms with Crippen molar-refractivity contribution >= 4 is 44.8 Å². The molecule has 0 atom stereocenters. The number of pyridine rings is 1. The summed E-state index contributed by atoms with van der Waals surface area (Å²) in [4.78, 5) is 24.5. The molecule has 1 aromatic carbocycles. The molecule has 0 saturated carbocycles. The molecule has 1 fully saturated rings. The van der Waals surface area contributed by atoms with Crippen LogP contribution in [0.15, 0.2) is 47.4 Å². The second kappa shape index (κ2) is 14.0. The molecule has 0 radical (unpaired) electrons. The summed E-state index contributed by atoms with van der Waals surface area (Å²) in [6.45, 7) is 13.5. The van der Waals surface area contributed by atoms with E-state index in [0.29, 0.717) is 21.5 Å². The Bertz CT molecular complexity index is 1600. The number of hydrogen-bond donors (Lipinski definition) is 0. The first kappa shape index (κ1) is 29.8. The molecule has 0 amide bonds. The van der Waals surface area contributed by atoms with Crippen LogP contribution in [0.5, 0.6) is 5.88 Å². The first-order chi connectivity index (χ1) is 20.5. The Balaban J connectivity index is 1.17. The van der Waals surface area contributed by atoms with Crippen molar-refractivity contribution < 1.29 is 9.13 Å². The Morgan fingerprint density at radius 2 is 2.12 bits per heavy atom. The van der Waals surface area contributed by atoms with Crippen molar-refractivity contribution in [1.29, 1.82) is 5.26 Å². The number of thiazole rings is 2. The van der Waals surface area contributed by atoms with Crippen LogP contribution in [0.2, 0.25) is 0 Å². The number of rotatable bonds is 11. The fourth-order valence-corrected chi connectivity index (χ4v) is 6.89. The molecule has 4 aromatic rings. The lowest BCUT2D eigenvalue weighted by Crippen LogP contribution is -2.43. The molecule has 8 nitrogen and oxygen atoms in total. The van der Waals surface area contributed by atoms with Crippen molar-refractivity contribution in [3.63, 3.8) is 0 Å². The maximum absolute atomic E-state index is 14.3. The van der Waals surface area contributed by atoms with E-state index in [-0.39, 0.29) is 17.7 Å². The van der Waals surface area contributed by atoms with Gasteiger partial charge in [0.15, 0.2) is 5.82 Å². The van der Waals surface area contributed by atoms with Crippen molar-refractivity contribution in [3.05, 3.63) is 75.1 Å². The normalized spacial score (nSPS) is 14.7. The predicted molar refractivity (Wildman–Crippen MR) is 168 cm³/mol. The minimum Gasteiger partial charge on any atom is -0.470 e. The number of hydrogen-bond acceptors (Lipinski definition) is 9. The predicted octanol–water partition coefficient (Wildman–Crippen LogP) is 6.50. The van der Waals surface area contributed by atoms with Gasteiger partial charge < -0.3 is 9.64 Å². The van der Waals surface area contributed by atoms with Crippen LogP contribution >= 0.6 is 22.7 Å². The molecular weight excluding hydrogens is 570 g/mol. The van der Waals surface area contributed by atoms with Crippen molar-refractivity contribution in [3.8, 4) is 11.9 Å². The zero-order valence-electron chi connectivity index (χ0n) is 23.9. The zero-order valence-corrected chi connectivity index (χ0v) is 25.6. The van der Waals surface area contributed by atoms with Gasteiger partial charge in [0.2, 0.25) is 5.88 Å². The Kier molecular flexibility index (Phi) is 9.89. The Morgan fingerprint density at radius 1 is 1.29 bits per heavy atom. The van der Waals surface area contributed by atoms with Gasteiger partial charge in [-0.25, -0.2) is 19.3 Å². The van der Waals surface area contributed by atoms with Crippen LogP contribution in [0.4, 0.5) is 4.39 Å². The quantitative estimate of drug-likeness (QED) is 0.143. The van der Waals surface area contributed by atoms with E-state index < -0.39 is 5.82 Å². The summed E-state index contributed by atoms with van der Waals surface area (Å²) in [5.74, 6) is 1.52. The van der Waals surface area contributed by atoms with Gasteiger partial charge in [-0.1, -0.05) is 12.6 Å². The number of nitrogens with zero attached hydrogens (tertiary/aromatic N) is 7. The third-order valence-corrected chi connectivity index (χ3v) is 9.18. The number of ether oxygens (including phenoxy) is 1. The molecule has 1 aliphatic heterocycles. The van der Waals surface area contributed by atoms with Crippen LogP contribution < -0.4 is 4.74 Å². The molecule has 1 saturated heterocycles. The molecule has 4 heterocycles. The van der Waals surface area contributed by atoms with Crippen LogP contribution in [0.25, 0.3) is 16.3 Å². The van der Waals surface area contributed by atoms with E-state index in [9.17, 15) is 4.39 Å². The Labute approximate surface area is 253 Å². The highest BCUT2D eigenvalue weighted by Gasteiger charge is 2.24. The number of fused-ring (bicyclic) bond motifs is 1. The lowest BCUT2D eigenvalue weighted by Gasteiger charge is -2.34. The minimum atomic E-state index is -0.491. The average molecular weight is 604 g/mol. The van der Waals surface area contributed by atoms with Crippen molar-refractivity contribution in [1.82, 2.24) is 24.8 Å². The smallest absolute Gasteiger partial charge is 0.213 e. The van der Waals surface area contributed by atoms with E-state index in [4.69, 9.17) is 20.0 Å². The highest BCUT2D eigenvalue weighted by Crippen LogP contribution is 2.30. The highest BCUT2D eigenvalue weighted by molar-refractivity contribution is 7.18. The van der Waals surface area contributed by atoms with Gasteiger partial charge in [0.1, 0.15) is 23.0 Å². The largest absolute Gasteiger partial charge is 0.470 e. The topological polar surface area (TPSA) is 90.5 Å². The number of likely N-dealkylation sites (N-methyl/N-ethyl adjacent to an activating group) is 1. The fraction of sp³-hybridized carbons (Fsp3) is 0.387. The lowest BCUT2D eigenvalue weighted by molar-refractivity contribution is 0.227. The maximum Gasteiger partial charge on any atom is 0.213 e. The number of aliphatic imine (C=N–C) groups is 1. The van der Waals surface area contributed by atoms with Gasteiger partial charge in [0, 0.05) is 30.8 Å². The van der Waals surface area contributed by atoms with Gasteiger partial charge in [-0.2, -0.15) is 5.26 Å². The maximum atomic E-state index is 14.3. The van der Waals surface area contributed by atoms with E-state index in [0.717, 1.165) is 69.3 Å². The SMILES string of the molecule is C=Cc1ncsc1CN(CC)C(CN1CCC(c2cccc(OCc3nc4c(F)cc(C#N)cc4s3)n2)CC1)=NCC. The second-order valence-electron chi connectivity index (χ2n) is 10.0. The van der Waals surface area contributed by atoms with E-state index >= 15 is 0 Å². The summed E-state index contributed by atoms with van der Waals surface area (Å²) < 4.78 is 20.9. The summed E-state index contributed by atoms with van der Waals surface area (Å²) in [5.41, 5.74) is 4.42. The molecule has 42 heavy (non-hydrogen) atoms. The first-order valence-electron chi connectivity index (χ1n) is 14.1. The number of halogens is 1. The van der Waals surface area contributed by atoms with E-state index in [2.05, 4.69) is 46.3 Å². The molecule has 218 valence electrons. The Morgan fingerprint density at radius 3 is 2.86 bits per heavy atom. The van der Waals surface area contributed by atoms with Gasteiger partial charge in [0.25, 0.3) is 0 Å². The number of nitriles is 1. The molecule has 0 N–H and O–H groups in total. The summed E-state index contributed by atoms with van der Waals surface area (Å²) in [7, 11) is 0. The van der Waals surface area contributed by atoms with Crippen LogP contribution in [-0.2, 0) is 13.2 Å². The van der Waals surface area contributed by atoms with Crippen LogP contribution in [0.3, 0.4) is 0 Å². The lowest BCUT2D eigenvalue weighted by atomic mass is 9.93. The second-order valence-corrected chi connectivity index (χ2v) is 12.1. The van der Waals surface area contributed by atoms with E-state index in [1.54, 1.807) is 17.4 Å². The molecular formula is C31H34FN7OS2. The number of aromatic nitrogens is 3. The van der Waals surface area contributed by atoms with Crippen LogP contribution in [0.1, 0.15) is 59.4 Å². The third-order valence-electron chi connectivity index (χ3n) is 7.37. The van der Waals surface area contributed by atoms with Gasteiger partial charge in [0.05, 0.1) is 45.5 Å². The molecule has 11 heteroatoms. The molecule has 0 aliphatic carbocycles. The number of likely N-dealkylation sites (tertiary alicyclic amines) is 1. The number of amidine groups is 1. The summed E-state index contributed by atoms with van der Waals surface area (Å²) >= 11 is 2.99. The van der Waals surface area contributed by atoms with Gasteiger partial charge >= 0.3 is 0 Å². The van der Waals surface area contributed by atoms with Gasteiger partial charge in [-0.3, -0.25) is 9.89 Å². The highest BCUT2D eigenvalue weighted by atomic mass is 32.1. The number of benzene rings is 1. The van der Waals surface area contributed by atoms with Crippen LogP contribution in [-0.4, -0.2) is 63.3 Å². The Hall–Kier alpha value is -3.72. The fourth-order valence-electron chi connectivity index (χ4n) is 5.18. The van der Waals surface area contributed by atoms with E-state index in [1.807, 2.05) is 29.8 Å². The van der Waals surface area contributed by atoms with Crippen molar-refractivity contribution in [2.45, 2.75) is 45.8 Å². The molecule has 0 spiro atoms. The van der Waals surface area contributed by atoms with Crippen molar-refractivity contribution in [2.75, 3.05) is 32.7 Å².